The lowest BCUT2D eigenvalue weighted by Gasteiger charge is -2.50. The van der Waals surface area contributed by atoms with Crippen molar-refractivity contribution in [2.45, 2.75) is 57.7 Å². The summed E-state index contributed by atoms with van der Waals surface area (Å²) in [6.45, 7) is 2.99. The van der Waals surface area contributed by atoms with Gasteiger partial charge in [0.15, 0.2) is 0 Å². The van der Waals surface area contributed by atoms with Crippen LogP contribution in [0.2, 0.25) is 0 Å². The van der Waals surface area contributed by atoms with Gasteiger partial charge in [-0.3, -0.25) is 0 Å². The largest absolute Gasteiger partial charge is 0.489 e. The first-order valence-corrected chi connectivity index (χ1v) is 11.2. The van der Waals surface area contributed by atoms with Crippen LogP contribution in [0.15, 0.2) is 48.5 Å². The summed E-state index contributed by atoms with van der Waals surface area (Å²) >= 11 is 0. The van der Waals surface area contributed by atoms with E-state index in [9.17, 15) is 10.2 Å². The Kier molecular flexibility index (Phi) is 4.92. The van der Waals surface area contributed by atoms with Crippen molar-refractivity contribution >= 4 is 0 Å². The Bertz CT molecular complexity index is 864. The lowest BCUT2D eigenvalue weighted by Crippen LogP contribution is -2.44. The topological polar surface area (TPSA) is 49.7 Å². The molecule has 6 atom stereocenters. The van der Waals surface area contributed by atoms with E-state index in [1.165, 1.54) is 23.1 Å². The Hall–Kier alpha value is -1.84. The fourth-order valence-corrected chi connectivity index (χ4v) is 6.72. The average molecular weight is 393 g/mol. The molecule has 154 valence electrons. The molecule has 3 heteroatoms. The van der Waals surface area contributed by atoms with Gasteiger partial charge in [0.05, 0.1) is 6.10 Å². The molecule has 0 spiro atoms. The summed E-state index contributed by atoms with van der Waals surface area (Å²) in [5, 5.41) is 20.6. The molecule has 0 saturated heterocycles. The van der Waals surface area contributed by atoms with E-state index in [0.29, 0.717) is 24.4 Å². The Morgan fingerprint density at radius 1 is 1.10 bits per heavy atom. The van der Waals surface area contributed by atoms with Gasteiger partial charge in [0, 0.05) is 12.5 Å². The minimum Gasteiger partial charge on any atom is -0.489 e. The zero-order valence-corrected chi connectivity index (χ0v) is 17.3. The van der Waals surface area contributed by atoms with Crippen molar-refractivity contribution in [2.24, 2.45) is 23.2 Å². The Morgan fingerprint density at radius 3 is 2.72 bits per heavy atom. The van der Waals surface area contributed by atoms with Crippen LogP contribution in [0.4, 0.5) is 0 Å². The molecule has 2 N–H and O–H groups in total. The number of ether oxygens (including phenoxy) is 1. The number of aryl methyl sites for hydroxylation is 1. The van der Waals surface area contributed by atoms with Crippen molar-refractivity contribution in [1.82, 2.24) is 0 Å². The highest BCUT2D eigenvalue weighted by Crippen LogP contribution is 2.62. The van der Waals surface area contributed by atoms with Crippen molar-refractivity contribution in [3.63, 3.8) is 0 Å². The molecule has 0 heterocycles. The summed E-state index contributed by atoms with van der Waals surface area (Å²) < 4.78 is 6.06. The first-order valence-electron chi connectivity index (χ1n) is 11.2. The highest BCUT2D eigenvalue weighted by molar-refractivity contribution is 5.41. The lowest BCUT2D eigenvalue weighted by atomic mass is 9.55. The standard InChI is InChI=1S/C26H32O3/c1-26-12-11-22-21-10-8-20(29-16-17-5-3-2-4-6-17)13-18(21)7-9-23(22)24(26)14-19(15-27)25(26)28/h2-6,8,10,13,19,22-25,27-28H,7,9,11-12,14-16H2,1H3/t19-,22-,23-,24+,25-,26-/m1/s1. The van der Waals surface area contributed by atoms with Crippen LogP contribution in [0.3, 0.4) is 0 Å². The van der Waals surface area contributed by atoms with Gasteiger partial charge in [0.25, 0.3) is 0 Å². The number of fused-ring (bicyclic) bond motifs is 5. The molecule has 5 rings (SSSR count). The van der Waals surface area contributed by atoms with Crippen LogP contribution < -0.4 is 4.74 Å². The molecule has 3 nitrogen and oxygen atoms in total. The molecule has 0 unspecified atom stereocenters. The molecule has 0 amide bonds. The van der Waals surface area contributed by atoms with Gasteiger partial charge in [-0.05, 0) is 84.1 Å². The van der Waals surface area contributed by atoms with E-state index < -0.39 is 0 Å². The zero-order chi connectivity index (χ0) is 20.0. The second-order valence-electron chi connectivity index (χ2n) is 9.72. The van der Waals surface area contributed by atoms with Crippen LogP contribution in [-0.2, 0) is 13.0 Å². The highest BCUT2D eigenvalue weighted by atomic mass is 16.5. The second-order valence-corrected chi connectivity index (χ2v) is 9.72. The van der Waals surface area contributed by atoms with Crippen LogP contribution in [0.1, 0.15) is 55.2 Å². The van der Waals surface area contributed by atoms with E-state index in [2.05, 4.69) is 37.3 Å². The van der Waals surface area contributed by atoms with E-state index in [1.807, 2.05) is 18.2 Å². The molecule has 29 heavy (non-hydrogen) atoms. The predicted octanol–water partition coefficient (Wildman–Crippen LogP) is 4.70. The van der Waals surface area contributed by atoms with Gasteiger partial charge in [-0.15, -0.1) is 0 Å². The van der Waals surface area contributed by atoms with Crippen molar-refractivity contribution in [2.75, 3.05) is 6.61 Å². The molecule has 0 bridgehead atoms. The first-order chi connectivity index (χ1) is 14.1. The molecular weight excluding hydrogens is 360 g/mol. The average Bonchev–Trinajstić information content (AvgIpc) is 3.03. The lowest BCUT2D eigenvalue weighted by molar-refractivity contribution is -0.0379. The fraction of sp³-hybridized carbons (Fsp3) is 0.538. The van der Waals surface area contributed by atoms with Gasteiger partial charge in [0.2, 0.25) is 0 Å². The monoisotopic (exact) mass is 392 g/mol. The van der Waals surface area contributed by atoms with Gasteiger partial charge >= 0.3 is 0 Å². The molecule has 3 aliphatic rings. The summed E-state index contributed by atoms with van der Waals surface area (Å²) in [6.07, 6.45) is 5.10. The van der Waals surface area contributed by atoms with Gasteiger partial charge in [0.1, 0.15) is 12.4 Å². The number of benzene rings is 2. The molecule has 0 radical (unpaired) electrons. The number of aliphatic hydroxyl groups is 2. The second kappa shape index (κ2) is 7.45. The summed E-state index contributed by atoms with van der Waals surface area (Å²) in [5.41, 5.74) is 4.11. The van der Waals surface area contributed by atoms with Crippen molar-refractivity contribution < 1.29 is 14.9 Å². The minimum absolute atomic E-state index is 0.0230. The third-order valence-corrected chi connectivity index (χ3v) is 8.30. The highest BCUT2D eigenvalue weighted by Gasteiger charge is 2.57. The maximum absolute atomic E-state index is 10.8. The molecule has 2 saturated carbocycles. The molecule has 0 aromatic heterocycles. The van der Waals surface area contributed by atoms with Gasteiger partial charge in [-0.2, -0.15) is 0 Å². The van der Waals surface area contributed by atoms with Crippen LogP contribution in [0.25, 0.3) is 0 Å². The van der Waals surface area contributed by atoms with Crippen molar-refractivity contribution in [3.05, 3.63) is 65.2 Å². The molecule has 0 aliphatic heterocycles. The van der Waals surface area contributed by atoms with Crippen molar-refractivity contribution in [3.8, 4) is 5.75 Å². The van der Waals surface area contributed by atoms with Crippen LogP contribution >= 0.6 is 0 Å². The summed E-state index contributed by atoms with van der Waals surface area (Å²) in [6, 6.07) is 17.0. The van der Waals surface area contributed by atoms with Crippen molar-refractivity contribution in [1.29, 1.82) is 0 Å². The van der Waals surface area contributed by atoms with E-state index in [4.69, 9.17) is 4.74 Å². The fourth-order valence-electron chi connectivity index (χ4n) is 6.72. The molecule has 2 aromatic carbocycles. The Morgan fingerprint density at radius 2 is 1.93 bits per heavy atom. The van der Waals surface area contributed by atoms with E-state index >= 15 is 0 Å². The first kappa shape index (κ1) is 19.1. The molecular formula is C26H32O3. The van der Waals surface area contributed by atoms with E-state index in [0.717, 1.165) is 31.4 Å². The molecule has 2 aromatic rings. The van der Waals surface area contributed by atoms with E-state index in [1.54, 1.807) is 0 Å². The maximum Gasteiger partial charge on any atom is 0.120 e. The minimum atomic E-state index is -0.353. The van der Waals surface area contributed by atoms with Gasteiger partial charge < -0.3 is 14.9 Å². The molecule has 3 aliphatic carbocycles. The van der Waals surface area contributed by atoms with Gasteiger partial charge in [-0.25, -0.2) is 0 Å². The van der Waals surface area contributed by atoms with Crippen LogP contribution in [-0.4, -0.2) is 22.9 Å². The SMILES string of the molecule is C[C@@]12CC[C@@H]3c4ccc(OCc5ccccc5)cc4CC[C@H]3[C@@H]1C[C@H](CO)[C@H]2O. The summed E-state index contributed by atoms with van der Waals surface area (Å²) in [4.78, 5) is 0. The number of hydrogen-bond acceptors (Lipinski definition) is 3. The van der Waals surface area contributed by atoms with Crippen LogP contribution in [0.5, 0.6) is 5.75 Å². The van der Waals surface area contributed by atoms with Gasteiger partial charge in [-0.1, -0.05) is 43.3 Å². The molecule has 2 fully saturated rings. The number of rotatable bonds is 4. The van der Waals surface area contributed by atoms with E-state index in [-0.39, 0.29) is 24.0 Å². The predicted molar refractivity (Wildman–Crippen MR) is 114 cm³/mol. The number of hydrogen-bond donors (Lipinski definition) is 2. The summed E-state index contributed by atoms with van der Waals surface area (Å²) in [7, 11) is 0. The zero-order valence-electron chi connectivity index (χ0n) is 17.3. The third kappa shape index (κ3) is 3.19. The third-order valence-electron chi connectivity index (χ3n) is 8.30. The Balaban J connectivity index is 1.34. The quantitative estimate of drug-likeness (QED) is 0.793. The Labute approximate surface area is 173 Å². The normalized spacial score (nSPS) is 35.5. The number of aliphatic hydroxyl groups excluding tert-OH is 2. The van der Waals surface area contributed by atoms with Crippen LogP contribution in [0, 0.1) is 23.2 Å². The smallest absolute Gasteiger partial charge is 0.120 e. The summed E-state index contributed by atoms with van der Waals surface area (Å²) in [5.74, 6) is 2.76. The maximum atomic E-state index is 10.8.